The van der Waals surface area contributed by atoms with Crippen molar-refractivity contribution in [3.05, 3.63) is 88.0 Å². The third-order valence-electron chi connectivity index (χ3n) is 5.06. The Labute approximate surface area is 193 Å². The molecule has 0 aliphatic rings. The molecule has 5 nitrogen and oxygen atoms in total. The van der Waals surface area contributed by atoms with Gasteiger partial charge >= 0.3 is 0 Å². The first-order valence-corrected chi connectivity index (χ1v) is 9.39. The number of hydrogen-bond donors (Lipinski definition) is 1. The van der Waals surface area contributed by atoms with E-state index in [0.29, 0.717) is 23.5 Å². The quantitative estimate of drug-likeness (QED) is 0.437. The molecular weight excluding hydrogens is 435 g/mol. The van der Waals surface area contributed by atoms with Crippen molar-refractivity contribution in [3.63, 3.8) is 0 Å². The maximum Gasteiger partial charge on any atom is 0.252 e. The minimum absolute atomic E-state index is 0. The van der Waals surface area contributed by atoms with Gasteiger partial charge in [0.2, 0.25) is 0 Å². The molecule has 0 fully saturated rings. The summed E-state index contributed by atoms with van der Waals surface area (Å²) in [5.41, 5.74) is 4.09. The van der Waals surface area contributed by atoms with Gasteiger partial charge in [-0.05, 0) is 36.6 Å². The number of aromatic nitrogens is 2. The molecule has 162 valence electrons. The number of pyridine rings is 2. The van der Waals surface area contributed by atoms with E-state index in [0.717, 1.165) is 33.4 Å². The van der Waals surface area contributed by atoms with Crippen molar-refractivity contribution in [2.75, 3.05) is 14.2 Å². The number of aryl methyl sites for hydroxylation is 1. The van der Waals surface area contributed by atoms with Crippen molar-refractivity contribution in [2.24, 2.45) is 0 Å². The summed E-state index contributed by atoms with van der Waals surface area (Å²) >= 11 is 0. The van der Waals surface area contributed by atoms with Crippen LogP contribution in [0.4, 0.5) is 0 Å². The van der Waals surface area contributed by atoms with Crippen LogP contribution in [0.3, 0.4) is 0 Å². The molecule has 2 aromatic heterocycles. The van der Waals surface area contributed by atoms with E-state index in [1.165, 1.54) is 0 Å². The number of halogens is 2. The molecule has 0 radical (unpaired) electrons. The molecule has 1 N–H and O–H groups in total. The summed E-state index contributed by atoms with van der Waals surface area (Å²) in [6.07, 6.45) is 0.419. The Morgan fingerprint density at radius 3 is 2.16 bits per heavy atom. The second kappa shape index (κ2) is 10.3. The summed E-state index contributed by atoms with van der Waals surface area (Å²) in [7, 11) is 3.19. The van der Waals surface area contributed by atoms with Crippen LogP contribution in [0.15, 0.2) is 65.5 Å². The molecule has 0 bridgehead atoms. The summed E-state index contributed by atoms with van der Waals surface area (Å²) in [5.74, 6) is 1.22. The SMILES string of the molecule is COc1cc2c(C)[nH]c(=O)c(Cc3cccc(-c4ccccc4)n3)c2cc1OC.Cl.Cl. The maximum absolute atomic E-state index is 12.8. The van der Waals surface area contributed by atoms with Crippen LogP contribution in [0.2, 0.25) is 0 Å². The molecule has 2 heterocycles. The predicted molar refractivity (Wildman–Crippen MR) is 129 cm³/mol. The second-order valence-corrected chi connectivity index (χ2v) is 6.87. The molecule has 0 spiro atoms. The Morgan fingerprint density at radius 1 is 0.871 bits per heavy atom. The lowest BCUT2D eigenvalue weighted by Crippen LogP contribution is -2.15. The fourth-order valence-corrected chi connectivity index (χ4v) is 3.58. The highest BCUT2D eigenvalue weighted by Crippen LogP contribution is 2.34. The van der Waals surface area contributed by atoms with E-state index in [4.69, 9.17) is 14.5 Å². The highest BCUT2D eigenvalue weighted by molar-refractivity contribution is 5.90. The Hall–Kier alpha value is -3.02. The third-order valence-corrected chi connectivity index (χ3v) is 5.06. The van der Waals surface area contributed by atoms with Crippen LogP contribution >= 0.6 is 24.8 Å². The molecule has 0 atom stereocenters. The number of nitrogens with one attached hydrogen (secondary N) is 1. The van der Waals surface area contributed by atoms with Crippen LogP contribution in [0, 0.1) is 6.92 Å². The molecule has 2 aromatic carbocycles. The number of methoxy groups -OCH3 is 2. The number of fused-ring (bicyclic) bond motifs is 1. The summed E-state index contributed by atoms with van der Waals surface area (Å²) in [6.45, 7) is 1.88. The summed E-state index contributed by atoms with van der Waals surface area (Å²) in [4.78, 5) is 20.5. The largest absolute Gasteiger partial charge is 0.493 e. The zero-order chi connectivity index (χ0) is 20.4. The zero-order valence-electron chi connectivity index (χ0n) is 17.5. The topological polar surface area (TPSA) is 64.2 Å². The molecule has 4 aromatic rings. The molecule has 0 amide bonds. The monoisotopic (exact) mass is 458 g/mol. The lowest BCUT2D eigenvalue weighted by Gasteiger charge is -2.13. The van der Waals surface area contributed by atoms with Crippen LogP contribution in [-0.4, -0.2) is 24.2 Å². The van der Waals surface area contributed by atoms with E-state index in [-0.39, 0.29) is 30.4 Å². The third kappa shape index (κ3) is 4.84. The van der Waals surface area contributed by atoms with Gasteiger partial charge in [0, 0.05) is 34.3 Å². The standard InChI is InChI=1S/C24H22N2O3.2ClH/c1-15-18-13-22(28-2)23(29-3)14-19(18)20(24(27)25-15)12-17-10-7-11-21(26-17)16-8-5-4-6-9-16;;/h4-11,13-14H,12H2,1-3H3,(H,25,27);2*1H. The zero-order valence-corrected chi connectivity index (χ0v) is 19.1. The van der Waals surface area contributed by atoms with Crippen LogP contribution in [0.5, 0.6) is 11.5 Å². The number of H-pyrrole nitrogens is 1. The highest BCUT2D eigenvalue weighted by Gasteiger charge is 2.15. The number of aromatic amines is 1. The normalized spacial score (nSPS) is 10.2. The average molecular weight is 459 g/mol. The van der Waals surface area contributed by atoms with E-state index in [2.05, 4.69) is 4.98 Å². The van der Waals surface area contributed by atoms with Crippen molar-refractivity contribution >= 4 is 35.6 Å². The molecule has 0 saturated carbocycles. The van der Waals surface area contributed by atoms with E-state index >= 15 is 0 Å². The van der Waals surface area contributed by atoms with Gasteiger partial charge in [0.25, 0.3) is 5.56 Å². The van der Waals surface area contributed by atoms with Gasteiger partial charge in [0.05, 0.1) is 19.9 Å². The molecule has 0 aliphatic carbocycles. The van der Waals surface area contributed by atoms with E-state index in [9.17, 15) is 4.79 Å². The molecule has 0 unspecified atom stereocenters. The van der Waals surface area contributed by atoms with Crippen molar-refractivity contribution in [2.45, 2.75) is 13.3 Å². The predicted octanol–water partition coefficient (Wildman–Crippen LogP) is 5.35. The number of nitrogens with zero attached hydrogens (tertiary/aromatic N) is 1. The van der Waals surface area contributed by atoms with Gasteiger partial charge in [-0.1, -0.05) is 36.4 Å². The molecular formula is C24H24Cl2N2O3. The lowest BCUT2D eigenvalue weighted by atomic mass is 10.00. The van der Waals surface area contributed by atoms with Gasteiger partial charge in [0.15, 0.2) is 11.5 Å². The summed E-state index contributed by atoms with van der Waals surface area (Å²) in [5, 5.41) is 1.77. The molecule has 0 saturated heterocycles. The van der Waals surface area contributed by atoms with E-state index in [1.54, 1.807) is 14.2 Å². The summed E-state index contributed by atoms with van der Waals surface area (Å²) < 4.78 is 10.9. The molecule has 4 rings (SSSR count). The minimum atomic E-state index is -0.117. The molecule has 31 heavy (non-hydrogen) atoms. The lowest BCUT2D eigenvalue weighted by molar-refractivity contribution is 0.356. The van der Waals surface area contributed by atoms with Crippen molar-refractivity contribution < 1.29 is 9.47 Å². The second-order valence-electron chi connectivity index (χ2n) is 6.87. The number of rotatable bonds is 5. The van der Waals surface area contributed by atoms with Crippen molar-refractivity contribution in [1.82, 2.24) is 9.97 Å². The van der Waals surface area contributed by atoms with Gasteiger partial charge in [-0.2, -0.15) is 0 Å². The maximum atomic E-state index is 12.8. The van der Waals surface area contributed by atoms with Gasteiger partial charge in [-0.15, -0.1) is 24.8 Å². The first-order chi connectivity index (χ1) is 14.1. The van der Waals surface area contributed by atoms with Crippen molar-refractivity contribution in [3.8, 4) is 22.8 Å². The molecule has 7 heteroatoms. The molecule has 0 aliphatic heterocycles. The van der Waals surface area contributed by atoms with Crippen LogP contribution < -0.4 is 15.0 Å². The van der Waals surface area contributed by atoms with Gasteiger partial charge in [0.1, 0.15) is 0 Å². The fraction of sp³-hybridized carbons (Fsp3) is 0.167. The number of hydrogen-bond acceptors (Lipinski definition) is 4. The van der Waals surface area contributed by atoms with E-state index in [1.807, 2.05) is 67.6 Å². The Morgan fingerprint density at radius 2 is 1.52 bits per heavy atom. The minimum Gasteiger partial charge on any atom is -0.493 e. The summed E-state index contributed by atoms with van der Waals surface area (Å²) in [6, 6.07) is 19.7. The number of ether oxygens (including phenoxy) is 2. The van der Waals surface area contributed by atoms with Crippen LogP contribution in [0.25, 0.3) is 22.0 Å². The van der Waals surface area contributed by atoms with Gasteiger partial charge < -0.3 is 14.5 Å². The van der Waals surface area contributed by atoms with E-state index < -0.39 is 0 Å². The Balaban J connectivity index is 0.00000171. The first kappa shape index (κ1) is 24.3. The van der Waals surface area contributed by atoms with Gasteiger partial charge in [-0.25, -0.2) is 0 Å². The highest BCUT2D eigenvalue weighted by atomic mass is 35.5. The average Bonchev–Trinajstić information content (AvgIpc) is 2.76. The fourth-order valence-electron chi connectivity index (χ4n) is 3.58. The Bertz CT molecular complexity index is 1240. The van der Waals surface area contributed by atoms with Gasteiger partial charge in [-0.3, -0.25) is 9.78 Å². The Kier molecular flexibility index (Phi) is 8.08. The smallest absolute Gasteiger partial charge is 0.252 e. The van der Waals surface area contributed by atoms with Crippen LogP contribution in [-0.2, 0) is 6.42 Å². The number of benzene rings is 2. The first-order valence-electron chi connectivity index (χ1n) is 9.39. The van der Waals surface area contributed by atoms with Crippen LogP contribution in [0.1, 0.15) is 17.0 Å². The van der Waals surface area contributed by atoms with Crippen molar-refractivity contribution in [1.29, 1.82) is 0 Å².